The number of ether oxygens (including phenoxy) is 2. The minimum atomic E-state index is -0.946. The number of benzene rings is 3. The van der Waals surface area contributed by atoms with E-state index in [-0.39, 0.29) is 29.2 Å². The van der Waals surface area contributed by atoms with Gasteiger partial charge in [-0.3, -0.25) is 34.1 Å². The molecule has 0 aliphatic carbocycles. The van der Waals surface area contributed by atoms with Gasteiger partial charge >= 0.3 is 0 Å². The summed E-state index contributed by atoms with van der Waals surface area (Å²) in [6, 6.07) is 19.2. The number of hydrogen-bond acceptors (Lipinski definition) is 10. The van der Waals surface area contributed by atoms with Crippen LogP contribution in [0.2, 0.25) is 5.02 Å². The molecule has 0 fully saturated rings. The molecular formula is C41H39ClN6O6S. The van der Waals surface area contributed by atoms with E-state index in [4.69, 9.17) is 26.1 Å². The van der Waals surface area contributed by atoms with E-state index in [1.807, 2.05) is 60.0 Å². The van der Waals surface area contributed by atoms with Gasteiger partial charge in [0.05, 0.1) is 24.3 Å². The second-order valence-electron chi connectivity index (χ2n) is 13.4. The number of aryl methyl sites for hydroxylation is 3. The number of carbonyl (C=O) groups excluding carboxylic acids is 4. The lowest BCUT2D eigenvalue weighted by Gasteiger charge is -2.18. The van der Waals surface area contributed by atoms with Gasteiger partial charge in [-0.1, -0.05) is 54.4 Å². The molecule has 12 nitrogen and oxygen atoms in total. The summed E-state index contributed by atoms with van der Waals surface area (Å²) in [6.45, 7) is 7.39. The zero-order chi connectivity index (χ0) is 38.6. The minimum absolute atomic E-state index is 0.0314. The number of imide groups is 1. The summed E-state index contributed by atoms with van der Waals surface area (Å²) in [6.07, 6.45) is 3.44. The van der Waals surface area contributed by atoms with Crippen LogP contribution >= 0.6 is 22.9 Å². The number of amides is 3. The molecule has 0 radical (unpaired) electrons. The monoisotopic (exact) mass is 778 g/mol. The van der Waals surface area contributed by atoms with Crippen LogP contribution in [0.3, 0.4) is 0 Å². The number of aliphatic imine (C=N–C) groups is 1. The Morgan fingerprint density at radius 2 is 1.67 bits per heavy atom. The fourth-order valence-corrected chi connectivity index (χ4v) is 8.09. The molecule has 0 saturated carbocycles. The average molecular weight is 779 g/mol. The van der Waals surface area contributed by atoms with Crippen molar-refractivity contribution < 1.29 is 28.7 Å². The van der Waals surface area contributed by atoms with Gasteiger partial charge in [-0.2, -0.15) is 0 Å². The quantitative estimate of drug-likeness (QED) is 0.0696. The molecule has 3 aromatic carbocycles. The van der Waals surface area contributed by atoms with Crippen LogP contribution in [0.1, 0.15) is 91.2 Å². The van der Waals surface area contributed by atoms with Crippen molar-refractivity contribution in [3.05, 3.63) is 122 Å². The predicted octanol–water partition coefficient (Wildman–Crippen LogP) is 6.98. The highest BCUT2D eigenvalue weighted by Crippen LogP contribution is 2.40. The lowest BCUT2D eigenvalue weighted by atomic mass is 9.98. The lowest BCUT2D eigenvalue weighted by molar-refractivity contribution is -0.121. The Kier molecular flexibility index (Phi) is 11.3. The van der Waals surface area contributed by atoms with Gasteiger partial charge in [-0.25, -0.2) is 0 Å². The number of ketones is 1. The summed E-state index contributed by atoms with van der Waals surface area (Å²) < 4.78 is 14.0. The molecule has 0 saturated heterocycles. The summed E-state index contributed by atoms with van der Waals surface area (Å²) >= 11 is 7.89. The number of para-hydroxylation sites is 1. The normalized spacial score (nSPS) is 14.7. The molecule has 2 N–H and O–H groups in total. The van der Waals surface area contributed by atoms with Crippen molar-refractivity contribution in [2.75, 3.05) is 19.8 Å². The van der Waals surface area contributed by atoms with Crippen molar-refractivity contribution in [3.8, 4) is 16.5 Å². The maximum absolute atomic E-state index is 13.3. The molecule has 5 aromatic rings. The van der Waals surface area contributed by atoms with Gasteiger partial charge in [0.1, 0.15) is 28.4 Å². The molecule has 282 valence electrons. The van der Waals surface area contributed by atoms with Crippen LogP contribution in [0.25, 0.3) is 5.00 Å². The molecule has 0 spiro atoms. The standard InChI is InChI=1S/C41H39ClN6O6S/c1-23-24(2)55-41-34(23)36(27-15-17-28(42)18-16-27)44-30(38-47-46-25(3)48(38)41)22-33(49)43-19-21-53-20-8-4-5-10-26-11-6-7-13-31(26)54-32-14-9-12-29-35(32)39(51)45-40(52)37(29)50/h6-7,9,11-18,30H,4-5,8,10,19-22H2,1-3H3,(H,43,49)(H,45,51,52)/t30-/m0/s1. The second-order valence-corrected chi connectivity index (χ2v) is 15.0. The van der Waals surface area contributed by atoms with E-state index in [1.165, 1.54) is 10.9 Å². The molecule has 2 aliphatic rings. The van der Waals surface area contributed by atoms with E-state index in [0.29, 0.717) is 36.4 Å². The van der Waals surface area contributed by atoms with E-state index in [0.717, 1.165) is 64.5 Å². The molecule has 0 unspecified atom stereocenters. The zero-order valence-corrected chi connectivity index (χ0v) is 32.2. The predicted molar refractivity (Wildman–Crippen MR) is 209 cm³/mol. The van der Waals surface area contributed by atoms with Crippen LogP contribution in [0.4, 0.5) is 0 Å². The first-order valence-corrected chi connectivity index (χ1v) is 19.3. The average Bonchev–Trinajstić information content (AvgIpc) is 3.65. The summed E-state index contributed by atoms with van der Waals surface area (Å²) in [5.41, 5.74) is 4.90. The fraction of sp³-hybridized carbons (Fsp3) is 0.293. The maximum atomic E-state index is 13.3. The van der Waals surface area contributed by atoms with Crippen molar-refractivity contribution in [3.63, 3.8) is 0 Å². The summed E-state index contributed by atoms with van der Waals surface area (Å²) in [7, 11) is 0. The van der Waals surface area contributed by atoms with Crippen molar-refractivity contribution in [1.82, 2.24) is 25.4 Å². The molecule has 3 amide bonds. The number of aromatic nitrogens is 3. The molecule has 2 aliphatic heterocycles. The molecule has 0 bridgehead atoms. The first kappa shape index (κ1) is 37.8. The molecule has 14 heteroatoms. The lowest BCUT2D eigenvalue weighted by Crippen LogP contribution is -2.42. The van der Waals surface area contributed by atoms with Gasteiger partial charge in [-0.05, 0) is 81.5 Å². The van der Waals surface area contributed by atoms with E-state index < -0.39 is 23.6 Å². The van der Waals surface area contributed by atoms with Crippen molar-refractivity contribution in [1.29, 1.82) is 0 Å². The highest BCUT2D eigenvalue weighted by Gasteiger charge is 2.34. The summed E-state index contributed by atoms with van der Waals surface area (Å²) in [5.74, 6) is -0.370. The van der Waals surface area contributed by atoms with Crippen molar-refractivity contribution in [2.24, 2.45) is 4.99 Å². The summed E-state index contributed by atoms with van der Waals surface area (Å²) in [5, 5.41) is 15.5. The van der Waals surface area contributed by atoms with Gasteiger partial charge in [0.2, 0.25) is 5.91 Å². The minimum Gasteiger partial charge on any atom is -0.456 e. The zero-order valence-electron chi connectivity index (χ0n) is 30.6. The van der Waals surface area contributed by atoms with Crippen LogP contribution < -0.4 is 15.4 Å². The Balaban J connectivity index is 0.889. The number of unbranched alkanes of at least 4 members (excludes halogenated alkanes) is 2. The van der Waals surface area contributed by atoms with Crippen LogP contribution in [0.5, 0.6) is 11.5 Å². The number of nitrogens with zero attached hydrogens (tertiary/aromatic N) is 4. The van der Waals surface area contributed by atoms with Gasteiger partial charge in [0, 0.05) is 39.7 Å². The van der Waals surface area contributed by atoms with E-state index in [1.54, 1.807) is 23.5 Å². The van der Waals surface area contributed by atoms with E-state index >= 15 is 0 Å². The largest absolute Gasteiger partial charge is 0.456 e. The SMILES string of the molecule is Cc1sc2c(c1C)C(c1ccc(Cl)cc1)=N[C@@H](CC(=O)NCCOCCCCCc1ccccc1Oc1cccc3c1C(=O)NC(=O)C3=O)c1nnc(C)n1-2. The van der Waals surface area contributed by atoms with Crippen LogP contribution in [0.15, 0.2) is 71.7 Å². The van der Waals surface area contributed by atoms with Gasteiger partial charge in [0.25, 0.3) is 17.6 Å². The molecule has 1 atom stereocenters. The first-order chi connectivity index (χ1) is 26.6. The summed E-state index contributed by atoms with van der Waals surface area (Å²) in [4.78, 5) is 56.3. The molecular weight excluding hydrogens is 740 g/mol. The molecule has 7 rings (SSSR count). The van der Waals surface area contributed by atoms with Crippen molar-refractivity contribution >= 4 is 52.2 Å². The number of thiophene rings is 1. The van der Waals surface area contributed by atoms with Crippen LogP contribution in [-0.2, 0) is 20.7 Å². The number of Topliss-reactive ketones (excluding diaryl/α,β-unsaturated/α-hetero) is 1. The maximum Gasteiger partial charge on any atom is 0.299 e. The van der Waals surface area contributed by atoms with E-state index in [2.05, 4.69) is 34.7 Å². The number of halogens is 1. The third kappa shape index (κ3) is 8.00. The van der Waals surface area contributed by atoms with Crippen LogP contribution in [-0.4, -0.2) is 63.7 Å². The molecule has 4 heterocycles. The third-order valence-electron chi connectivity index (χ3n) is 9.66. The Morgan fingerprint density at radius 1 is 0.891 bits per heavy atom. The Labute approximate surface area is 326 Å². The van der Waals surface area contributed by atoms with Gasteiger partial charge < -0.3 is 14.8 Å². The van der Waals surface area contributed by atoms with E-state index in [9.17, 15) is 19.2 Å². The number of carbonyl (C=O) groups is 4. The number of fused-ring (bicyclic) bond motifs is 4. The second kappa shape index (κ2) is 16.5. The van der Waals surface area contributed by atoms with Gasteiger partial charge in [-0.15, -0.1) is 21.5 Å². The molecule has 55 heavy (non-hydrogen) atoms. The topological polar surface area (TPSA) is 154 Å². The number of rotatable bonds is 14. The van der Waals surface area contributed by atoms with Crippen molar-refractivity contribution in [2.45, 2.75) is 58.9 Å². The Bertz CT molecular complexity index is 2330. The highest BCUT2D eigenvalue weighted by atomic mass is 35.5. The number of hydrogen-bond donors (Lipinski definition) is 2. The smallest absolute Gasteiger partial charge is 0.299 e. The Morgan fingerprint density at radius 3 is 2.49 bits per heavy atom. The molecule has 2 aromatic heterocycles. The Hall–Kier alpha value is -5.50. The third-order valence-corrected chi connectivity index (χ3v) is 11.1. The van der Waals surface area contributed by atoms with Crippen LogP contribution in [0, 0.1) is 20.8 Å². The first-order valence-electron chi connectivity index (χ1n) is 18.1. The number of nitrogens with one attached hydrogen (secondary N) is 2. The van der Waals surface area contributed by atoms with Gasteiger partial charge in [0.15, 0.2) is 5.82 Å². The fourth-order valence-electron chi connectivity index (χ4n) is 6.75. The highest BCUT2D eigenvalue weighted by molar-refractivity contribution is 7.15.